The van der Waals surface area contributed by atoms with E-state index in [9.17, 15) is 10.1 Å². The maximum Gasteiger partial charge on any atom is 0.286 e. The zero-order valence-electron chi connectivity index (χ0n) is 14.7. The first kappa shape index (κ1) is 18.0. The second-order valence-corrected chi connectivity index (χ2v) is 8.17. The van der Waals surface area contributed by atoms with E-state index in [1.165, 1.54) is 6.20 Å². The number of ether oxygens (including phenoxy) is 1. The van der Waals surface area contributed by atoms with Gasteiger partial charge in [-0.05, 0) is 40.9 Å². The number of benzene rings is 1. The summed E-state index contributed by atoms with van der Waals surface area (Å²) in [5.41, 5.74) is 7.42. The van der Waals surface area contributed by atoms with Crippen molar-refractivity contribution in [3.05, 3.63) is 40.4 Å². The summed E-state index contributed by atoms with van der Waals surface area (Å²) in [4.78, 5) is 20.3. The van der Waals surface area contributed by atoms with Crippen molar-refractivity contribution in [2.45, 2.75) is 20.8 Å². The minimum Gasteiger partial charge on any atom is -0.491 e. The van der Waals surface area contributed by atoms with Crippen molar-refractivity contribution in [1.29, 1.82) is 5.26 Å². The molecule has 6 nitrogen and oxygen atoms in total. The molecule has 1 aromatic heterocycles. The van der Waals surface area contributed by atoms with Gasteiger partial charge in [-0.3, -0.25) is 9.78 Å². The van der Waals surface area contributed by atoms with Crippen LogP contribution in [-0.4, -0.2) is 22.7 Å². The minimum absolute atomic E-state index is 0.0519. The summed E-state index contributed by atoms with van der Waals surface area (Å²) in [5, 5.41) is 10.4. The maximum atomic E-state index is 11.8. The summed E-state index contributed by atoms with van der Waals surface area (Å²) in [7, 11) is 0. The largest absolute Gasteiger partial charge is 0.491 e. The summed E-state index contributed by atoms with van der Waals surface area (Å²) in [5.74, 6) is 0.162. The molecular formula is C19H18N4O2S. The van der Waals surface area contributed by atoms with Crippen molar-refractivity contribution in [3.8, 4) is 11.8 Å². The molecule has 0 spiro atoms. The number of nitriles is 1. The van der Waals surface area contributed by atoms with E-state index in [2.05, 4.69) is 36.8 Å². The predicted molar refractivity (Wildman–Crippen MR) is 104 cm³/mol. The number of amidine groups is 1. The topological polar surface area (TPSA) is 101 Å². The maximum absolute atomic E-state index is 11.8. The van der Waals surface area contributed by atoms with E-state index in [1.807, 2.05) is 18.2 Å². The molecule has 132 valence electrons. The summed E-state index contributed by atoms with van der Waals surface area (Å²) in [6.07, 6.45) is 3.24. The molecule has 0 radical (unpaired) electrons. The molecule has 1 amide bonds. The number of rotatable bonds is 3. The monoisotopic (exact) mass is 366 g/mol. The Morgan fingerprint density at radius 3 is 2.77 bits per heavy atom. The van der Waals surface area contributed by atoms with Gasteiger partial charge in [0.25, 0.3) is 5.91 Å². The number of carbonyl (C=O) groups is 1. The van der Waals surface area contributed by atoms with Crippen molar-refractivity contribution in [3.63, 3.8) is 0 Å². The van der Waals surface area contributed by atoms with Crippen LogP contribution in [0.5, 0.6) is 5.75 Å². The third kappa shape index (κ3) is 3.86. The number of carbonyl (C=O) groups excluding carboxylic acids is 1. The third-order valence-corrected chi connectivity index (χ3v) is 4.36. The Balaban J connectivity index is 2.06. The molecular weight excluding hydrogens is 348 g/mol. The average molecular weight is 366 g/mol. The lowest BCUT2D eigenvalue weighted by Crippen LogP contribution is -2.17. The van der Waals surface area contributed by atoms with Crippen LogP contribution in [0.25, 0.3) is 17.0 Å². The van der Waals surface area contributed by atoms with E-state index in [-0.39, 0.29) is 16.5 Å². The zero-order valence-corrected chi connectivity index (χ0v) is 15.6. The molecule has 26 heavy (non-hydrogen) atoms. The van der Waals surface area contributed by atoms with Gasteiger partial charge in [0.05, 0.1) is 17.0 Å². The molecule has 1 aromatic carbocycles. The molecule has 0 aliphatic carbocycles. The highest BCUT2D eigenvalue weighted by Crippen LogP contribution is 2.32. The van der Waals surface area contributed by atoms with E-state index in [4.69, 9.17) is 10.5 Å². The quantitative estimate of drug-likeness (QED) is 0.835. The number of nitrogens with zero attached hydrogens (tertiary/aromatic N) is 3. The highest BCUT2D eigenvalue weighted by atomic mass is 32.2. The van der Waals surface area contributed by atoms with Gasteiger partial charge in [0.2, 0.25) is 0 Å². The number of hydrogen-bond donors (Lipinski definition) is 1. The van der Waals surface area contributed by atoms with Crippen LogP contribution in [0.1, 0.15) is 31.9 Å². The molecule has 2 aromatic rings. The van der Waals surface area contributed by atoms with Gasteiger partial charge in [-0.15, -0.1) is 0 Å². The van der Waals surface area contributed by atoms with Crippen molar-refractivity contribution in [1.82, 2.24) is 4.98 Å². The lowest BCUT2D eigenvalue weighted by molar-refractivity contribution is -0.113. The molecule has 7 heteroatoms. The summed E-state index contributed by atoms with van der Waals surface area (Å²) >= 11 is 1.14. The molecule has 2 N–H and O–H groups in total. The van der Waals surface area contributed by atoms with Gasteiger partial charge in [0.15, 0.2) is 5.17 Å². The first-order valence-corrected chi connectivity index (χ1v) is 8.82. The standard InChI is InChI=1S/C19H18N4O2S/c1-19(2,3)10-25-16-12(8-20)9-22-14-5-4-11(6-13(14)16)7-15-17(24)23-18(21)26-15/h4-7,9H,10H2,1-3H3,(H2,21,23,24). The number of amides is 1. The number of aromatic nitrogens is 1. The highest BCUT2D eigenvalue weighted by molar-refractivity contribution is 8.18. The van der Waals surface area contributed by atoms with Crippen LogP contribution in [0, 0.1) is 16.7 Å². The lowest BCUT2D eigenvalue weighted by Gasteiger charge is -2.20. The van der Waals surface area contributed by atoms with Gasteiger partial charge >= 0.3 is 0 Å². The molecule has 1 aliphatic heterocycles. The van der Waals surface area contributed by atoms with Crippen molar-refractivity contribution in [2.24, 2.45) is 16.1 Å². The van der Waals surface area contributed by atoms with Gasteiger partial charge < -0.3 is 10.5 Å². The first-order chi connectivity index (χ1) is 12.3. The fraction of sp³-hybridized carbons (Fsp3) is 0.263. The summed E-state index contributed by atoms with van der Waals surface area (Å²) < 4.78 is 5.97. The van der Waals surface area contributed by atoms with Crippen LogP contribution in [0.4, 0.5) is 0 Å². The predicted octanol–water partition coefficient (Wildman–Crippen LogP) is 3.46. The Morgan fingerprint density at radius 2 is 2.15 bits per heavy atom. The van der Waals surface area contributed by atoms with Crippen LogP contribution < -0.4 is 10.5 Å². The zero-order chi connectivity index (χ0) is 18.9. The molecule has 0 saturated carbocycles. The smallest absolute Gasteiger partial charge is 0.286 e. The number of pyridine rings is 1. The average Bonchev–Trinajstić information content (AvgIpc) is 2.88. The van der Waals surface area contributed by atoms with Gasteiger partial charge in [0.1, 0.15) is 17.4 Å². The Kier molecular flexibility index (Phi) is 4.70. The minimum atomic E-state index is -0.347. The van der Waals surface area contributed by atoms with E-state index in [0.29, 0.717) is 22.8 Å². The molecule has 0 saturated heterocycles. The highest BCUT2D eigenvalue weighted by Gasteiger charge is 2.20. The molecule has 1 aliphatic rings. The Bertz CT molecular complexity index is 997. The second kappa shape index (κ2) is 6.81. The van der Waals surface area contributed by atoms with Gasteiger partial charge in [-0.25, -0.2) is 0 Å². The fourth-order valence-electron chi connectivity index (χ4n) is 2.38. The molecule has 0 fully saturated rings. The Labute approximate surface area is 155 Å². The number of thioether (sulfide) groups is 1. The SMILES string of the molecule is CC(C)(C)COc1c(C#N)cnc2ccc(C=C3SC(N)=NC3=O)cc12. The van der Waals surface area contributed by atoms with Crippen LogP contribution in [0.3, 0.4) is 0 Å². The number of aliphatic imine (C=N–C) groups is 1. The summed E-state index contributed by atoms with van der Waals surface area (Å²) in [6.45, 7) is 6.65. The van der Waals surface area contributed by atoms with Crippen LogP contribution in [0.2, 0.25) is 0 Å². The second-order valence-electron chi connectivity index (χ2n) is 7.10. The molecule has 3 rings (SSSR count). The first-order valence-electron chi connectivity index (χ1n) is 8.00. The molecule has 2 heterocycles. The normalized spacial score (nSPS) is 16.0. The number of nitrogens with two attached hydrogens (primary N) is 1. The van der Waals surface area contributed by atoms with Crippen molar-refractivity contribution < 1.29 is 9.53 Å². The van der Waals surface area contributed by atoms with Crippen LogP contribution in [0.15, 0.2) is 34.3 Å². The van der Waals surface area contributed by atoms with Crippen LogP contribution >= 0.6 is 11.8 Å². The van der Waals surface area contributed by atoms with E-state index < -0.39 is 0 Å². The molecule has 0 bridgehead atoms. The summed E-state index contributed by atoms with van der Waals surface area (Å²) in [6, 6.07) is 7.68. The van der Waals surface area contributed by atoms with Gasteiger partial charge in [-0.1, -0.05) is 26.8 Å². The van der Waals surface area contributed by atoms with Crippen molar-refractivity contribution >= 4 is 39.8 Å². The van der Waals surface area contributed by atoms with E-state index in [1.54, 1.807) is 6.08 Å². The van der Waals surface area contributed by atoms with E-state index in [0.717, 1.165) is 28.2 Å². The molecule has 0 unspecified atom stereocenters. The number of hydrogen-bond acceptors (Lipinski definition) is 6. The van der Waals surface area contributed by atoms with Gasteiger partial charge in [-0.2, -0.15) is 10.3 Å². The van der Waals surface area contributed by atoms with E-state index >= 15 is 0 Å². The Hall–Kier alpha value is -2.85. The van der Waals surface area contributed by atoms with Gasteiger partial charge in [0, 0.05) is 11.6 Å². The lowest BCUT2D eigenvalue weighted by atomic mass is 9.98. The third-order valence-electron chi connectivity index (χ3n) is 3.55. The Morgan fingerprint density at radius 1 is 1.38 bits per heavy atom. The molecule has 0 atom stereocenters. The fourth-order valence-corrected chi connectivity index (χ4v) is 3.06. The number of fused-ring (bicyclic) bond motifs is 1. The van der Waals surface area contributed by atoms with Crippen molar-refractivity contribution in [2.75, 3.05) is 6.61 Å². The van der Waals surface area contributed by atoms with Crippen LogP contribution in [-0.2, 0) is 4.79 Å².